The molecule has 2 rings (SSSR count). The number of thioether (sulfide) groups is 1. The molecule has 10 nitrogen and oxygen atoms in total. The number of aromatic nitrogens is 1. The van der Waals surface area contributed by atoms with Crippen molar-refractivity contribution in [2.75, 3.05) is 17.8 Å². The lowest BCUT2D eigenvalue weighted by Gasteiger charge is -2.28. The predicted molar refractivity (Wildman–Crippen MR) is 150 cm³/mol. The van der Waals surface area contributed by atoms with Gasteiger partial charge in [0.25, 0.3) is 0 Å². The molecule has 12 heteroatoms. The first kappa shape index (κ1) is 30.5. The molecule has 1 aromatic carbocycles. The smallest absolute Gasteiger partial charge is 0.326 e. The van der Waals surface area contributed by atoms with Crippen LogP contribution >= 0.6 is 24.4 Å². The molecule has 2 aromatic rings. The number of para-hydroxylation sites is 1. The van der Waals surface area contributed by atoms with Crippen molar-refractivity contribution in [3.8, 4) is 0 Å². The van der Waals surface area contributed by atoms with E-state index in [0.29, 0.717) is 12.2 Å². The number of fused-ring (bicyclic) bond motifs is 1. The van der Waals surface area contributed by atoms with Crippen molar-refractivity contribution in [3.63, 3.8) is 0 Å². The van der Waals surface area contributed by atoms with Gasteiger partial charge >= 0.3 is 5.97 Å². The fraction of sp³-hybridized carbons (Fsp3) is 0.520. The number of rotatable bonds is 15. The first-order valence-electron chi connectivity index (χ1n) is 12.2. The predicted octanol–water partition coefficient (Wildman–Crippen LogP) is 1.31. The Balaban J connectivity index is 2.33. The number of amides is 3. The molecule has 0 aliphatic rings. The fourth-order valence-electron chi connectivity index (χ4n) is 3.80. The molecule has 204 valence electrons. The molecule has 0 spiro atoms. The monoisotopic (exact) mass is 551 g/mol. The maximum absolute atomic E-state index is 13.4. The number of thiol groups is 1. The number of carboxylic acid groups (broad SMARTS) is 1. The Labute approximate surface area is 226 Å². The average molecular weight is 552 g/mol. The second-order valence-electron chi connectivity index (χ2n) is 8.97. The van der Waals surface area contributed by atoms with Crippen molar-refractivity contribution < 1.29 is 24.3 Å². The molecule has 3 amide bonds. The Morgan fingerprint density at radius 3 is 2.38 bits per heavy atom. The molecule has 1 aromatic heterocycles. The van der Waals surface area contributed by atoms with Gasteiger partial charge in [0.2, 0.25) is 17.7 Å². The molecule has 0 bridgehead atoms. The molecule has 7 N–H and O–H groups in total. The molecular formula is C25H37N5O5S2. The Hall–Kier alpha value is -2.70. The summed E-state index contributed by atoms with van der Waals surface area (Å²) in [6, 6.07) is 3.55. The van der Waals surface area contributed by atoms with Gasteiger partial charge in [-0.2, -0.15) is 24.4 Å². The van der Waals surface area contributed by atoms with E-state index in [4.69, 9.17) is 5.73 Å². The molecule has 0 fully saturated rings. The minimum absolute atomic E-state index is 0.110. The largest absolute Gasteiger partial charge is 0.480 e. The molecule has 5 unspecified atom stereocenters. The summed E-state index contributed by atoms with van der Waals surface area (Å²) in [6.07, 6.45) is 4.56. The van der Waals surface area contributed by atoms with E-state index in [1.165, 1.54) is 11.8 Å². The maximum atomic E-state index is 13.4. The van der Waals surface area contributed by atoms with E-state index in [1.807, 2.05) is 44.4 Å². The highest BCUT2D eigenvalue weighted by Crippen LogP contribution is 2.20. The number of hydrogen-bond acceptors (Lipinski definition) is 7. The van der Waals surface area contributed by atoms with Crippen molar-refractivity contribution >= 4 is 59.0 Å². The lowest BCUT2D eigenvalue weighted by molar-refractivity contribution is -0.142. The summed E-state index contributed by atoms with van der Waals surface area (Å²) < 4.78 is 0. The molecular weight excluding hydrogens is 514 g/mol. The summed E-state index contributed by atoms with van der Waals surface area (Å²) in [7, 11) is 0. The highest BCUT2D eigenvalue weighted by molar-refractivity contribution is 7.98. The van der Waals surface area contributed by atoms with E-state index in [0.717, 1.165) is 16.5 Å². The number of nitrogens with one attached hydrogen (secondary N) is 4. The van der Waals surface area contributed by atoms with E-state index in [-0.39, 0.29) is 24.5 Å². The molecule has 0 aliphatic carbocycles. The summed E-state index contributed by atoms with van der Waals surface area (Å²) in [6.45, 7) is 3.70. The molecule has 0 saturated heterocycles. The van der Waals surface area contributed by atoms with Gasteiger partial charge in [-0.25, -0.2) is 4.79 Å². The average Bonchev–Trinajstić information content (AvgIpc) is 3.30. The third-order valence-electron chi connectivity index (χ3n) is 6.28. The molecule has 0 aliphatic heterocycles. The first-order chi connectivity index (χ1) is 17.6. The van der Waals surface area contributed by atoms with Gasteiger partial charge in [0, 0.05) is 29.3 Å². The van der Waals surface area contributed by atoms with Crippen molar-refractivity contribution in [2.45, 2.75) is 57.3 Å². The summed E-state index contributed by atoms with van der Waals surface area (Å²) in [5.74, 6) is -2.43. The number of carbonyl (C=O) groups is 4. The zero-order valence-electron chi connectivity index (χ0n) is 21.3. The fourth-order valence-corrected chi connectivity index (χ4v) is 4.44. The second-order valence-corrected chi connectivity index (χ2v) is 10.3. The molecule has 0 saturated carbocycles. The van der Waals surface area contributed by atoms with Crippen molar-refractivity contribution in [1.82, 2.24) is 20.9 Å². The van der Waals surface area contributed by atoms with Crippen LogP contribution in [-0.2, 0) is 25.6 Å². The Morgan fingerprint density at radius 2 is 1.76 bits per heavy atom. The van der Waals surface area contributed by atoms with Crippen LogP contribution in [0.5, 0.6) is 0 Å². The SMILES string of the molecule is CCC(C)C(NC(=O)C(N)CS)C(=O)NC(Cc1c[nH]c2ccccc12)C(=O)NC(CCSC)C(=O)O. The van der Waals surface area contributed by atoms with Crippen LogP contribution in [-0.4, -0.2) is 75.7 Å². The first-order valence-corrected chi connectivity index (χ1v) is 14.2. The van der Waals surface area contributed by atoms with Gasteiger partial charge in [-0.1, -0.05) is 38.5 Å². The minimum Gasteiger partial charge on any atom is -0.480 e. The third kappa shape index (κ3) is 8.68. The standard InChI is InChI=1S/C25H37N5O5S2/c1-4-14(2)21(30-22(31)17(26)13-36)24(33)29-20(23(32)28-19(25(34)35)9-10-37-3)11-15-12-27-18-8-6-5-7-16(15)18/h5-8,12,14,17,19-21,27,36H,4,9-11,13,26H2,1-3H3,(H,28,32)(H,29,33)(H,30,31)(H,34,35). The number of nitrogens with two attached hydrogens (primary N) is 1. The Kier molecular flexibility index (Phi) is 12.3. The van der Waals surface area contributed by atoms with Crippen LogP contribution in [0, 0.1) is 5.92 Å². The maximum Gasteiger partial charge on any atom is 0.326 e. The summed E-state index contributed by atoms with van der Waals surface area (Å²) in [5.41, 5.74) is 7.43. The van der Waals surface area contributed by atoms with Crippen LogP contribution in [0.4, 0.5) is 0 Å². The van der Waals surface area contributed by atoms with Crippen LogP contribution in [0.3, 0.4) is 0 Å². The van der Waals surface area contributed by atoms with Gasteiger partial charge in [0.1, 0.15) is 18.1 Å². The normalized spacial score (nSPS) is 15.3. The van der Waals surface area contributed by atoms with E-state index in [2.05, 4.69) is 33.6 Å². The number of aromatic amines is 1. The summed E-state index contributed by atoms with van der Waals surface area (Å²) in [5, 5.41) is 18.5. The lowest BCUT2D eigenvalue weighted by Crippen LogP contribution is -2.59. The highest BCUT2D eigenvalue weighted by atomic mass is 32.2. The van der Waals surface area contributed by atoms with Gasteiger partial charge < -0.3 is 31.8 Å². The van der Waals surface area contributed by atoms with Gasteiger partial charge in [-0.05, 0) is 36.0 Å². The molecule has 5 atom stereocenters. The van der Waals surface area contributed by atoms with Crippen LogP contribution in [0.1, 0.15) is 32.3 Å². The molecule has 0 radical (unpaired) electrons. The Bertz CT molecular complexity index is 1080. The van der Waals surface area contributed by atoms with E-state index < -0.39 is 47.9 Å². The number of benzene rings is 1. The molecule has 1 heterocycles. The van der Waals surface area contributed by atoms with Crippen LogP contribution in [0.25, 0.3) is 10.9 Å². The van der Waals surface area contributed by atoms with Crippen LogP contribution < -0.4 is 21.7 Å². The number of hydrogen-bond donors (Lipinski definition) is 7. The van der Waals surface area contributed by atoms with Crippen molar-refractivity contribution in [2.24, 2.45) is 11.7 Å². The minimum atomic E-state index is -1.15. The highest BCUT2D eigenvalue weighted by Gasteiger charge is 2.32. The van der Waals surface area contributed by atoms with Crippen molar-refractivity contribution in [3.05, 3.63) is 36.0 Å². The van der Waals surface area contributed by atoms with E-state index in [9.17, 15) is 24.3 Å². The second kappa shape index (κ2) is 14.9. The number of H-pyrrole nitrogens is 1. The zero-order chi connectivity index (χ0) is 27.5. The van der Waals surface area contributed by atoms with Gasteiger partial charge in [-0.3, -0.25) is 14.4 Å². The topological polar surface area (TPSA) is 166 Å². The summed E-state index contributed by atoms with van der Waals surface area (Å²) in [4.78, 5) is 54.1. The summed E-state index contributed by atoms with van der Waals surface area (Å²) >= 11 is 5.52. The van der Waals surface area contributed by atoms with Gasteiger partial charge in [0.15, 0.2) is 0 Å². The van der Waals surface area contributed by atoms with Crippen LogP contribution in [0.15, 0.2) is 30.5 Å². The lowest BCUT2D eigenvalue weighted by atomic mass is 9.96. The quantitative estimate of drug-likeness (QED) is 0.164. The van der Waals surface area contributed by atoms with E-state index >= 15 is 0 Å². The van der Waals surface area contributed by atoms with Crippen molar-refractivity contribution in [1.29, 1.82) is 0 Å². The van der Waals surface area contributed by atoms with Crippen LogP contribution in [0.2, 0.25) is 0 Å². The van der Waals surface area contributed by atoms with E-state index in [1.54, 1.807) is 6.20 Å². The zero-order valence-corrected chi connectivity index (χ0v) is 23.0. The third-order valence-corrected chi connectivity index (χ3v) is 7.32. The molecule has 37 heavy (non-hydrogen) atoms. The number of aliphatic carboxylic acids is 1. The van der Waals surface area contributed by atoms with Gasteiger partial charge in [0.05, 0.1) is 6.04 Å². The number of carbonyl (C=O) groups excluding carboxylic acids is 3. The number of carboxylic acids is 1. The van der Waals surface area contributed by atoms with Gasteiger partial charge in [-0.15, -0.1) is 0 Å². The Morgan fingerprint density at radius 1 is 1.08 bits per heavy atom.